The molecule has 0 amide bonds. The Morgan fingerprint density at radius 1 is 0.452 bits per heavy atom. The number of rotatable bonds is 17. The lowest BCUT2D eigenvalue weighted by molar-refractivity contribution is -0.217. The van der Waals surface area contributed by atoms with Gasteiger partial charge in [-0.05, 0) is 145 Å². The van der Waals surface area contributed by atoms with Gasteiger partial charge in [0.25, 0.3) is 0 Å². The first kappa shape index (κ1) is 42.1. The SMILES string of the molecule is C=CC(=O)Oc1ccc(Cc2ccc(OOCc3ccc(N(c4ccc(C)cc4)c4ccc(C(=O)Oc5ccc(Cc6ccc(OC(=O)C=C)cc6)cc5)cc4)cc3)cc2)cc1. The molecule has 9 heteroatoms. The Bertz CT molecular complexity index is 2620. The molecule has 0 saturated carbocycles. The zero-order valence-electron chi connectivity index (χ0n) is 34.1. The summed E-state index contributed by atoms with van der Waals surface area (Å²) in [6, 6.07) is 53.3. The summed E-state index contributed by atoms with van der Waals surface area (Å²) in [4.78, 5) is 49.4. The molecular weight excluding hydrogens is 779 g/mol. The summed E-state index contributed by atoms with van der Waals surface area (Å²) in [6.45, 7) is 9.11. The molecule has 7 aromatic rings. The van der Waals surface area contributed by atoms with Crippen molar-refractivity contribution in [3.05, 3.63) is 234 Å². The van der Waals surface area contributed by atoms with Crippen LogP contribution in [0.4, 0.5) is 17.1 Å². The Labute approximate surface area is 360 Å². The third-order valence-electron chi connectivity index (χ3n) is 9.72. The minimum absolute atomic E-state index is 0.235. The molecule has 0 N–H and O–H groups in total. The number of carbonyl (C=O) groups excluding carboxylic acids is 3. The first-order chi connectivity index (χ1) is 30.2. The van der Waals surface area contributed by atoms with E-state index < -0.39 is 17.9 Å². The molecule has 0 heterocycles. The molecule has 308 valence electrons. The highest BCUT2D eigenvalue weighted by atomic mass is 17.2. The van der Waals surface area contributed by atoms with Crippen molar-refractivity contribution in [1.29, 1.82) is 0 Å². The monoisotopic (exact) mass is 821 g/mol. The van der Waals surface area contributed by atoms with Crippen molar-refractivity contribution in [3.8, 4) is 23.0 Å². The van der Waals surface area contributed by atoms with Gasteiger partial charge in [-0.1, -0.05) is 91.5 Å². The Kier molecular flexibility index (Phi) is 13.8. The highest BCUT2D eigenvalue weighted by molar-refractivity contribution is 5.92. The van der Waals surface area contributed by atoms with Crippen molar-refractivity contribution in [2.24, 2.45) is 0 Å². The Balaban J connectivity index is 0.935. The number of hydrogen-bond acceptors (Lipinski definition) is 9. The fraction of sp³-hybridized carbons (Fsp3) is 0.0755. The Morgan fingerprint density at radius 2 is 0.806 bits per heavy atom. The lowest BCUT2D eigenvalue weighted by Crippen LogP contribution is -2.12. The average molecular weight is 822 g/mol. The van der Waals surface area contributed by atoms with Crippen LogP contribution in [-0.4, -0.2) is 17.9 Å². The summed E-state index contributed by atoms with van der Waals surface area (Å²) >= 11 is 0. The van der Waals surface area contributed by atoms with Gasteiger partial charge >= 0.3 is 17.9 Å². The molecule has 0 atom stereocenters. The average Bonchev–Trinajstić information content (AvgIpc) is 3.30. The van der Waals surface area contributed by atoms with E-state index in [-0.39, 0.29) is 6.61 Å². The Hall–Kier alpha value is -8.01. The third-order valence-corrected chi connectivity index (χ3v) is 9.72. The smallest absolute Gasteiger partial charge is 0.343 e. The second-order valence-electron chi connectivity index (χ2n) is 14.3. The van der Waals surface area contributed by atoms with Gasteiger partial charge in [-0.3, -0.25) is 0 Å². The largest absolute Gasteiger partial charge is 0.423 e. The maximum absolute atomic E-state index is 13.2. The molecule has 0 aliphatic heterocycles. The van der Waals surface area contributed by atoms with Gasteiger partial charge in [-0.25, -0.2) is 14.4 Å². The summed E-state index contributed by atoms with van der Waals surface area (Å²) in [6.07, 6.45) is 3.61. The molecule has 62 heavy (non-hydrogen) atoms. The number of esters is 3. The molecule has 0 saturated heterocycles. The normalized spacial score (nSPS) is 10.6. The highest BCUT2D eigenvalue weighted by Gasteiger charge is 2.15. The number of anilines is 3. The number of carbonyl (C=O) groups is 3. The van der Waals surface area contributed by atoms with Gasteiger partial charge in [0.2, 0.25) is 0 Å². The molecule has 0 spiro atoms. The maximum atomic E-state index is 13.2. The standard InChI is InChI=1S/C53H43NO8/c1-4-51(55)59-47-26-10-38(11-27-47)34-40-14-30-49(31-15-40)61-53(57)43-18-24-46(25-19-43)54(44-20-6-37(3)7-21-44)45-22-8-42(9-23-45)36-58-62-50-32-16-41(17-33-50)35-39-12-28-48(29-13-39)60-52(56)5-2/h4-33H,1-2,34-36H2,3H3. The summed E-state index contributed by atoms with van der Waals surface area (Å²) < 4.78 is 16.0. The van der Waals surface area contributed by atoms with Crippen LogP contribution in [-0.2, 0) is 33.9 Å². The van der Waals surface area contributed by atoms with E-state index >= 15 is 0 Å². The second-order valence-corrected chi connectivity index (χ2v) is 14.3. The Morgan fingerprint density at radius 3 is 1.23 bits per heavy atom. The molecule has 7 rings (SSSR count). The number of benzene rings is 7. The van der Waals surface area contributed by atoms with Crippen molar-refractivity contribution >= 4 is 35.0 Å². The molecule has 0 fully saturated rings. The molecule has 0 radical (unpaired) electrons. The molecule has 0 bridgehead atoms. The fourth-order valence-electron chi connectivity index (χ4n) is 6.44. The number of aryl methyl sites for hydroxylation is 1. The van der Waals surface area contributed by atoms with Gasteiger partial charge in [0.1, 0.15) is 23.9 Å². The van der Waals surface area contributed by atoms with E-state index in [1.54, 1.807) is 48.5 Å². The van der Waals surface area contributed by atoms with Crippen LogP contribution in [0.2, 0.25) is 0 Å². The highest BCUT2D eigenvalue weighted by Crippen LogP contribution is 2.35. The van der Waals surface area contributed by atoms with Crippen molar-refractivity contribution in [2.45, 2.75) is 26.4 Å². The summed E-state index contributed by atoms with van der Waals surface area (Å²) in [7, 11) is 0. The van der Waals surface area contributed by atoms with E-state index in [2.05, 4.69) is 42.3 Å². The molecule has 0 aliphatic carbocycles. The van der Waals surface area contributed by atoms with Gasteiger partial charge in [0, 0.05) is 29.2 Å². The molecule has 0 aromatic heterocycles. The van der Waals surface area contributed by atoms with Crippen LogP contribution in [0.3, 0.4) is 0 Å². The van der Waals surface area contributed by atoms with Crippen LogP contribution in [0.15, 0.2) is 195 Å². The predicted octanol–water partition coefficient (Wildman–Crippen LogP) is 11.6. The van der Waals surface area contributed by atoms with E-state index in [1.165, 1.54) is 0 Å². The van der Waals surface area contributed by atoms with Crippen LogP contribution >= 0.6 is 0 Å². The minimum Gasteiger partial charge on any atom is -0.423 e. The minimum atomic E-state index is -0.505. The summed E-state index contributed by atoms with van der Waals surface area (Å²) in [5.41, 5.74) is 9.46. The molecule has 0 aliphatic rings. The molecule has 9 nitrogen and oxygen atoms in total. The number of nitrogens with zero attached hydrogens (tertiary/aromatic N) is 1. The lowest BCUT2D eigenvalue weighted by atomic mass is 10.0. The summed E-state index contributed by atoms with van der Waals surface area (Å²) in [5, 5.41) is 0. The topological polar surface area (TPSA) is 101 Å². The van der Waals surface area contributed by atoms with Crippen molar-refractivity contribution < 1.29 is 38.4 Å². The van der Waals surface area contributed by atoms with Crippen LogP contribution in [0.25, 0.3) is 0 Å². The molecule has 7 aromatic carbocycles. The second kappa shape index (κ2) is 20.3. The van der Waals surface area contributed by atoms with Gasteiger partial charge in [-0.2, -0.15) is 4.89 Å². The number of hydrogen-bond donors (Lipinski definition) is 0. The van der Waals surface area contributed by atoms with E-state index in [9.17, 15) is 14.4 Å². The van der Waals surface area contributed by atoms with Crippen LogP contribution < -0.4 is 24.0 Å². The lowest BCUT2D eigenvalue weighted by Gasteiger charge is -2.26. The fourth-order valence-corrected chi connectivity index (χ4v) is 6.44. The van der Waals surface area contributed by atoms with Crippen LogP contribution in [0.1, 0.15) is 43.7 Å². The zero-order valence-corrected chi connectivity index (χ0v) is 34.1. The first-order valence-electron chi connectivity index (χ1n) is 19.8. The van der Waals surface area contributed by atoms with Crippen LogP contribution in [0.5, 0.6) is 23.0 Å². The number of ether oxygens (including phenoxy) is 3. The maximum Gasteiger partial charge on any atom is 0.343 e. The molecule has 0 unspecified atom stereocenters. The van der Waals surface area contributed by atoms with E-state index in [0.717, 1.165) is 62.6 Å². The van der Waals surface area contributed by atoms with E-state index in [0.29, 0.717) is 41.4 Å². The van der Waals surface area contributed by atoms with Crippen LogP contribution in [0, 0.1) is 6.92 Å². The van der Waals surface area contributed by atoms with Gasteiger partial charge in [-0.15, -0.1) is 0 Å². The van der Waals surface area contributed by atoms with Crippen molar-refractivity contribution in [2.75, 3.05) is 4.90 Å². The van der Waals surface area contributed by atoms with Gasteiger partial charge < -0.3 is 24.0 Å². The van der Waals surface area contributed by atoms with Crippen molar-refractivity contribution in [3.63, 3.8) is 0 Å². The quantitative estimate of drug-likeness (QED) is 0.0292. The first-order valence-corrected chi connectivity index (χ1v) is 19.8. The zero-order chi connectivity index (χ0) is 43.3. The van der Waals surface area contributed by atoms with Gasteiger partial charge in [0.05, 0.1) is 5.56 Å². The van der Waals surface area contributed by atoms with E-state index in [1.807, 2.05) is 104 Å². The van der Waals surface area contributed by atoms with Crippen molar-refractivity contribution in [1.82, 2.24) is 0 Å². The van der Waals surface area contributed by atoms with E-state index in [4.69, 9.17) is 24.0 Å². The van der Waals surface area contributed by atoms with Gasteiger partial charge in [0.15, 0.2) is 5.75 Å². The third kappa shape index (κ3) is 11.6. The molecular formula is C53H43NO8. The summed E-state index contributed by atoms with van der Waals surface area (Å²) in [5.74, 6) is 0.486. The predicted molar refractivity (Wildman–Crippen MR) is 239 cm³/mol.